The van der Waals surface area contributed by atoms with E-state index in [2.05, 4.69) is 46.3 Å². The van der Waals surface area contributed by atoms with Gasteiger partial charge in [-0.15, -0.1) is 0 Å². The zero-order valence-corrected chi connectivity index (χ0v) is 81.0. The monoisotopic (exact) mass is 1960 g/mol. The van der Waals surface area contributed by atoms with Crippen molar-refractivity contribution in [2.45, 2.75) is 283 Å². The van der Waals surface area contributed by atoms with Gasteiger partial charge in [0.05, 0.1) is 175 Å². The summed E-state index contributed by atoms with van der Waals surface area (Å²) in [5, 5.41) is 115. The minimum Gasteiger partial charge on any atom is -0.512 e. The summed E-state index contributed by atoms with van der Waals surface area (Å²) < 4.78 is 55.1. The molecule has 0 amide bonds. The molecule has 760 valence electrons. The highest BCUT2D eigenvalue weighted by atomic mass is 31.2. The van der Waals surface area contributed by atoms with Gasteiger partial charge in [-0.2, -0.15) is 0 Å². The number of carboxylic acids is 8. The highest BCUT2D eigenvalue weighted by Crippen LogP contribution is 2.47. The second kappa shape index (κ2) is 59.6. The summed E-state index contributed by atoms with van der Waals surface area (Å²) in [6.07, 6.45) is 18.1. The summed E-state index contributed by atoms with van der Waals surface area (Å²) in [6, 6.07) is 12.2. The van der Waals surface area contributed by atoms with Crippen molar-refractivity contribution >= 4 is 63.4 Å². The Morgan fingerprint density at radius 2 is 0.610 bits per heavy atom. The van der Waals surface area contributed by atoms with E-state index in [-0.39, 0.29) is 188 Å². The largest absolute Gasteiger partial charge is 0.512 e. The van der Waals surface area contributed by atoms with Crippen molar-refractivity contribution < 1.29 is 146 Å². The molecule has 8 rings (SSSR count). The van der Waals surface area contributed by atoms with Crippen LogP contribution in [0.3, 0.4) is 0 Å². The van der Waals surface area contributed by atoms with Gasteiger partial charge in [0.15, 0.2) is 0 Å². The van der Waals surface area contributed by atoms with Gasteiger partial charge in [-0.1, -0.05) is 89.8 Å². The molecule has 0 spiro atoms. The number of phosphoric ester groups is 2. The molecule has 0 aromatic carbocycles. The Bertz CT molecular complexity index is 4530. The number of hydrogen-bond donors (Lipinski definition) is 14. The van der Waals surface area contributed by atoms with Gasteiger partial charge >= 0.3 is 63.4 Å². The number of phosphoric acid groups is 2. The fraction of sp³-hybridized carbons (Fsp3) is 0.609. The Labute approximate surface area is 794 Å². The molecule has 4 aliphatic rings. The fourth-order valence-electron chi connectivity index (χ4n) is 17.5. The Kier molecular flexibility index (Phi) is 51.2. The van der Waals surface area contributed by atoms with Gasteiger partial charge in [0.2, 0.25) is 0 Å². The summed E-state index contributed by atoms with van der Waals surface area (Å²) in [5.74, 6) is -8.62. The van der Waals surface area contributed by atoms with Crippen LogP contribution in [0.25, 0.3) is 0 Å². The van der Waals surface area contributed by atoms with Crippen molar-refractivity contribution in [3.05, 3.63) is 168 Å². The van der Waals surface area contributed by atoms with Gasteiger partial charge in [-0.3, -0.25) is 116 Å². The minimum atomic E-state index is -4.23. The maximum absolute atomic E-state index is 12.0. The maximum Gasteiger partial charge on any atom is 0.472 e. The van der Waals surface area contributed by atoms with Crippen LogP contribution in [0.15, 0.2) is 123 Å². The summed E-state index contributed by atoms with van der Waals surface area (Å²) in [5.41, 5.74) is 5.53. The molecule has 4 saturated carbocycles. The molecule has 0 radical (unpaired) electrons. The molecule has 4 aromatic heterocycles. The van der Waals surface area contributed by atoms with Crippen molar-refractivity contribution in [2.75, 3.05) is 78.5 Å². The SMILES string of the molecule is C=C(O)CN(CC(=O)O)C1CCCC[C@@H]1N(CC(=O)O)Cc1cc(COC(C)C)ccn1.C=C(O)CN(CC(=O)O)C1CCCC[C@@H]1N(CC(=O)O)Cc1cc(COP(=O)(O)OC(C)C)ccn1.C=C(O)CN(CC(=O)O)C1CCCC[C@@H]1N(CC(=O)O)Cc1ccc(COP(=O)(O)OC(C)C)cn1.C=C(O)CN(CC(=O)O)C1CCCC[C@@H]1N(CC(=O)O)Cc1ncccc1COC(C)C. The van der Waals surface area contributed by atoms with Crippen LogP contribution in [-0.4, -0.2) is 329 Å². The van der Waals surface area contributed by atoms with Crippen molar-refractivity contribution in [3.8, 4) is 0 Å². The lowest BCUT2D eigenvalue weighted by Gasteiger charge is -2.44. The highest BCUT2D eigenvalue weighted by molar-refractivity contribution is 7.47. The van der Waals surface area contributed by atoms with E-state index >= 15 is 0 Å². The number of nitrogens with zero attached hydrogens (tertiary/aromatic N) is 12. The maximum atomic E-state index is 12.0. The van der Waals surface area contributed by atoms with Crippen LogP contribution in [0, 0.1) is 0 Å². The standard InChI is InChI=1S/2C23H36N3O9P.2C23H35N3O6/c1-16(2)35-36(32,33)34-15-18-8-9-24-19(10-18)12-26(14-23(30)31)21-7-5-4-6-20(21)25(11-17(3)27)13-22(28)29;1-16(2)35-36(32,33)34-15-18-8-9-19(24-10-18)12-26(14-23(30)31)21-7-5-4-6-20(21)25(11-17(3)27)13-22(28)29;1-16(2)32-15-18-7-6-10-24-19(18)12-26(14-23(30)31)21-9-5-4-8-20(21)25(11-17(3)27)13-22(28)29;1-16(2)32-15-18-8-9-24-19(10-18)12-26(14-23(30)31)21-7-5-4-6-20(21)25(11-17(3)27)13-22(28)29/h2*8-10,16,20-21,27H,3-7,11-15H2,1-2H3,(H,28,29)(H,30,31)(H,32,33);6-7,10,16,20-21,27H,3-5,8-9,11-15H2,1-2H3,(H,28,29)(H,30,31);8-10,16,20-21,27H,3-7,11-15H2,1-2H3,(H,28,29)(H,30,31)/t4*20?,21-/m0000/s1. The number of aliphatic carboxylic acids is 8. The van der Waals surface area contributed by atoms with Gasteiger partial charge in [0.1, 0.15) is 0 Å². The number of carbonyl (C=O) groups is 8. The fourth-order valence-corrected chi connectivity index (χ4v) is 19.3. The third-order valence-corrected chi connectivity index (χ3v) is 24.8. The van der Waals surface area contributed by atoms with Gasteiger partial charge in [-0.25, -0.2) is 9.13 Å². The van der Waals surface area contributed by atoms with Crippen LogP contribution in [0.2, 0.25) is 0 Å². The molecule has 0 aliphatic heterocycles. The van der Waals surface area contributed by atoms with Crippen LogP contribution >= 0.6 is 15.6 Å². The molecule has 10 atom stereocenters. The van der Waals surface area contributed by atoms with Crippen molar-refractivity contribution in [2.24, 2.45) is 0 Å². The second-order valence-corrected chi connectivity index (χ2v) is 38.2. The Morgan fingerprint density at radius 3 is 0.897 bits per heavy atom. The van der Waals surface area contributed by atoms with E-state index in [1.54, 1.807) is 93.8 Å². The molecule has 4 aromatic rings. The number of rotatable bonds is 56. The van der Waals surface area contributed by atoms with E-state index in [1.807, 2.05) is 61.8 Å². The smallest absolute Gasteiger partial charge is 0.472 e. The number of ether oxygens (including phenoxy) is 2. The van der Waals surface area contributed by atoms with E-state index in [1.165, 1.54) is 12.4 Å². The van der Waals surface area contributed by atoms with Gasteiger partial charge in [0.25, 0.3) is 0 Å². The van der Waals surface area contributed by atoms with Gasteiger partial charge < -0.3 is 80.5 Å². The van der Waals surface area contributed by atoms with E-state index < -0.39 is 75.6 Å². The first-order valence-corrected chi connectivity index (χ1v) is 48.5. The lowest BCUT2D eigenvalue weighted by atomic mass is 9.87. The lowest BCUT2D eigenvalue weighted by molar-refractivity contribution is -0.142. The van der Waals surface area contributed by atoms with Crippen LogP contribution < -0.4 is 0 Å². The quantitative estimate of drug-likeness (QED) is 0.0144. The molecule has 4 fully saturated rings. The Hall–Kier alpha value is -9.66. The zero-order valence-electron chi connectivity index (χ0n) is 79.2. The molecule has 4 aliphatic carbocycles. The van der Waals surface area contributed by atoms with E-state index in [0.29, 0.717) is 80.9 Å². The molecule has 0 bridgehead atoms. The number of aliphatic hydroxyl groups excluding tert-OH is 4. The molecule has 4 heterocycles. The minimum absolute atomic E-state index is 0.0173. The first kappa shape index (κ1) is 117. The van der Waals surface area contributed by atoms with Crippen LogP contribution in [0.1, 0.15) is 203 Å². The first-order chi connectivity index (χ1) is 64.0. The van der Waals surface area contributed by atoms with E-state index in [0.717, 1.165) is 93.1 Å². The van der Waals surface area contributed by atoms with Crippen LogP contribution in [0.4, 0.5) is 0 Å². The molecule has 44 heteroatoms. The molecular formula is C92H142N12O30P2. The van der Waals surface area contributed by atoms with Crippen molar-refractivity contribution in [1.29, 1.82) is 0 Å². The average Bonchev–Trinajstić information content (AvgIpc) is 0.822. The molecule has 6 unspecified atom stereocenters. The third kappa shape index (κ3) is 45.7. The first-order valence-electron chi connectivity index (χ1n) is 45.5. The summed E-state index contributed by atoms with van der Waals surface area (Å²) >= 11 is 0. The average molecular weight is 1960 g/mol. The van der Waals surface area contributed by atoms with Crippen LogP contribution in [-0.2, 0) is 128 Å². The summed E-state index contributed by atoms with van der Waals surface area (Å²) in [6.45, 7) is 27.7. The zero-order chi connectivity index (χ0) is 101. The van der Waals surface area contributed by atoms with Crippen molar-refractivity contribution in [1.82, 2.24) is 59.1 Å². The number of carboxylic acid groups (broad SMARTS) is 8. The second-order valence-electron chi connectivity index (χ2n) is 35.4. The summed E-state index contributed by atoms with van der Waals surface area (Å²) in [4.78, 5) is 144. The molecule has 14 N–H and O–H groups in total. The number of hydrogen-bond acceptors (Lipinski definition) is 32. The normalized spacial score (nSPS) is 19.5. The van der Waals surface area contributed by atoms with Crippen molar-refractivity contribution in [3.63, 3.8) is 0 Å². The predicted octanol–water partition coefficient (Wildman–Crippen LogP) is 10.9. The Morgan fingerprint density at radius 1 is 0.331 bits per heavy atom. The van der Waals surface area contributed by atoms with Gasteiger partial charge in [-0.05, 0) is 160 Å². The molecular weight excluding hydrogens is 1820 g/mol. The van der Waals surface area contributed by atoms with Gasteiger partial charge in [0, 0.05) is 105 Å². The van der Waals surface area contributed by atoms with E-state index in [9.17, 15) is 119 Å². The Balaban J connectivity index is 0.000000321. The van der Waals surface area contributed by atoms with Crippen LogP contribution in [0.5, 0.6) is 0 Å². The summed E-state index contributed by atoms with van der Waals surface area (Å²) in [7, 11) is -8.42. The number of pyridine rings is 4. The predicted molar refractivity (Wildman–Crippen MR) is 499 cm³/mol. The highest BCUT2D eigenvalue weighted by Gasteiger charge is 2.42. The molecule has 0 saturated heterocycles. The topological polar surface area (TPSA) is 587 Å². The number of aliphatic hydroxyl groups is 4. The van der Waals surface area contributed by atoms with E-state index in [4.69, 9.17) is 27.6 Å². The molecule has 42 nitrogen and oxygen atoms in total. The number of aromatic nitrogens is 4. The molecule has 136 heavy (non-hydrogen) atoms. The lowest BCUT2D eigenvalue weighted by Crippen LogP contribution is -2.55. The third-order valence-electron chi connectivity index (χ3n) is 22.5.